The summed E-state index contributed by atoms with van der Waals surface area (Å²) in [6.07, 6.45) is -1.12. The number of ether oxygens (including phenoxy) is 1. The Kier molecular flexibility index (Phi) is 3.70. The van der Waals surface area contributed by atoms with Gasteiger partial charge in [-0.05, 0) is 28.5 Å². The smallest absolute Gasteiger partial charge is 0.405 e. The van der Waals surface area contributed by atoms with Crippen LogP contribution in [0.2, 0.25) is 0 Å². The standard InChI is InChI=1S/C17H15NO4/c1-21-15-9-8-14(22-15)16(18-17(19)20)13-7-6-11-4-2-3-5-12(11)10-13/h2-10,16,18H,1H3,(H,19,20). The molecule has 3 aromatic rings. The predicted octanol–water partition coefficient (Wildman–Crippen LogP) is 3.80. The molecule has 0 bridgehead atoms. The van der Waals surface area contributed by atoms with Crippen molar-refractivity contribution < 1.29 is 19.1 Å². The largest absolute Gasteiger partial charge is 0.468 e. The zero-order valence-electron chi connectivity index (χ0n) is 11.9. The maximum atomic E-state index is 11.1. The molecule has 1 heterocycles. The van der Waals surface area contributed by atoms with Crippen LogP contribution >= 0.6 is 0 Å². The van der Waals surface area contributed by atoms with Gasteiger partial charge in [0.2, 0.25) is 0 Å². The Balaban J connectivity index is 2.04. The summed E-state index contributed by atoms with van der Waals surface area (Å²) in [5, 5.41) is 13.7. The first-order chi connectivity index (χ1) is 10.7. The number of fused-ring (bicyclic) bond motifs is 1. The van der Waals surface area contributed by atoms with Crippen molar-refractivity contribution in [2.24, 2.45) is 0 Å². The van der Waals surface area contributed by atoms with Gasteiger partial charge in [0.15, 0.2) is 0 Å². The van der Waals surface area contributed by atoms with Crippen LogP contribution in [-0.4, -0.2) is 18.3 Å². The fourth-order valence-corrected chi connectivity index (χ4v) is 2.43. The third kappa shape index (κ3) is 2.74. The molecule has 0 radical (unpaired) electrons. The van der Waals surface area contributed by atoms with Crippen molar-refractivity contribution in [3.05, 3.63) is 65.9 Å². The molecule has 1 amide bonds. The molecular weight excluding hydrogens is 282 g/mol. The van der Waals surface area contributed by atoms with Crippen molar-refractivity contribution in [3.63, 3.8) is 0 Å². The van der Waals surface area contributed by atoms with E-state index in [0.29, 0.717) is 11.7 Å². The van der Waals surface area contributed by atoms with Crippen LogP contribution in [-0.2, 0) is 0 Å². The lowest BCUT2D eigenvalue weighted by Gasteiger charge is -2.15. The second kappa shape index (κ2) is 5.81. The number of amides is 1. The van der Waals surface area contributed by atoms with E-state index in [0.717, 1.165) is 16.3 Å². The Bertz CT molecular complexity index is 809. The first kappa shape index (κ1) is 14.0. The Morgan fingerprint density at radius 2 is 1.91 bits per heavy atom. The molecular formula is C17H15NO4. The van der Waals surface area contributed by atoms with Gasteiger partial charge in [-0.15, -0.1) is 0 Å². The van der Waals surface area contributed by atoms with Gasteiger partial charge in [-0.3, -0.25) is 0 Å². The summed E-state index contributed by atoms with van der Waals surface area (Å²) in [4.78, 5) is 11.1. The third-order valence-electron chi connectivity index (χ3n) is 3.46. The Labute approximate surface area is 127 Å². The van der Waals surface area contributed by atoms with Crippen molar-refractivity contribution in [2.45, 2.75) is 6.04 Å². The Morgan fingerprint density at radius 3 is 2.59 bits per heavy atom. The number of benzene rings is 2. The molecule has 0 aliphatic rings. The van der Waals surface area contributed by atoms with E-state index >= 15 is 0 Å². The van der Waals surface area contributed by atoms with E-state index in [4.69, 9.17) is 14.3 Å². The first-order valence-electron chi connectivity index (χ1n) is 6.79. The number of hydrogen-bond acceptors (Lipinski definition) is 3. The van der Waals surface area contributed by atoms with Gasteiger partial charge in [-0.1, -0.05) is 36.4 Å². The molecule has 22 heavy (non-hydrogen) atoms. The van der Waals surface area contributed by atoms with E-state index in [-0.39, 0.29) is 0 Å². The number of nitrogens with one attached hydrogen (secondary N) is 1. The van der Waals surface area contributed by atoms with E-state index in [1.807, 2.05) is 42.5 Å². The van der Waals surface area contributed by atoms with Gasteiger partial charge in [-0.25, -0.2) is 4.79 Å². The number of carboxylic acid groups (broad SMARTS) is 1. The zero-order valence-corrected chi connectivity index (χ0v) is 11.9. The highest BCUT2D eigenvalue weighted by molar-refractivity contribution is 5.83. The van der Waals surface area contributed by atoms with Crippen LogP contribution < -0.4 is 10.1 Å². The average Bonchev–Trinajstić information content (AvgIpc) is 3.01. The fraction of sp³-hybridized carbons (Fsp3) is 0.118. The maximum Gasteiger partial charge on any atom is 0.405 e. The van der Waals surface area contributed by atoms with Crippen LogP contribution in [0.1, 0.15) is 17.4 Å². The summed E-state index contributed by atoms with van der Waals surface area (Å²) in [6, 6.07) is 16.5. The highest BCUT2D eigenvalue weighted by Gasteiger charge is 2.20. The predicted molar refractivity (Wildman–Crippen MR) is 82.2 cm³/mol. The molecule has 0 fully saturated rings. The second-order valence-electron chi connectivity index (χ2n) is 4.85. The van der Waals surface area contributed by atoms with Gasteiger partial charge in [0, 0.05) is 6.07 Å². The van der Waals surface area contributed by atoms with Gasteiger partial charge in [0.05, 0.1) is 7.11 Å². The van der Waals surface area contributed by atoms with Crippen LogP contribution in [0.4, 0.5) is 4.79 Å². The molecule has 0 aliphatic carbocycles. The summed E-state index contributed by atoms with van der Waals surface area (Å²) in [5.74, 6) is 0.822. The minimum atomic E-state index is -1.12. The third-order valence-corrected chi connectivity index (χ3v) is 3.46. The highest BCUT2D eigenvalue weighted by atomic mass is 16.6. The lowest BCUT2D eigenvalue weighted by atomic mass is 10.0. The SMILES string of the molecule is COc1ccc(C(NC(=O)O)c2ccc3ccccc3c2)o1. The molecule has 2 aromatic carbocycles. The number of methoxy groups -OCH3 is 1. The van der Waals surface area contributed by atoms with Crippen molar-refractivity contribution in [1.82, 2.24) is 5.32 Å². The molecule has 1 aromatic heterocycles. The van der Waals surface area contributed by atoms with Crippen molar-refractivity contribution in [3.8, 4) is 5.95 Å². The first-order valence-corrected chi connectivity index (χ1v) is 6.79. The number of hydrogen-bond donors (Lipinski definition) is 2. The summed E-state index contributed by atoms with van der Waals surface area (Å²) in [6.45, 7) is 0. The molecule has 5 nitrogen and oxygen atoms in total. The van der Waals surface area contributed by atoms with Gasteiger partial charge in [-0.2, -0.15) is 0 Å². The second-order valence-corrected chi connectivity index (χ2v) is 4.85. The molecule has 1 atom stereocenters. The Morgan fingerprint density at radius 1 is 1.14 bits per heavy atom. The van der Waals surface area contributed by atoms with Gasteiger partial charge in [0.1, 0.15) is 11.8 Å². The summed E-state index contributed by atoms with van der Waals surface area (Å²) in [7, 11) is 1.50. The number of carbonyl (C=O) groups is 1. The van der Waals surface area contributed by atoms with Gasteiger partial charge < -0.3 is 19.6 Å². The van der Waals surface area contributed by atoms with E-state index in [9.17, 15) is 4.79 Å². The summed E-state index contributed by atoms with van der Waals surface area (Å²) >= 11 is 0. The lowest BCUT2D eigenvalue weighted by Crippen LogP contribution is -2.27. The van der Waals surface area contributed by atoms with E-state index in [1.54, 1.807) is 12.1 Å². The van der Waals surface area contributed by atoms with Crippen LogP contribution in [0.5, 0.6) is 5.95 Å². The number of furan rings is 1. The monoisotopic (exact) mass is 297 g/mol. The molecule has 3 rings (SSSR count). The lowest BCUT2D eigenvalue weighted by molar-refractivity contribution is 0.189. The molecule has 5 heteroatoms. The van der Waals surface area contributed by atoms with Crippen LogP contribution in [0.25, 0.3) is 10.8 Å². The summed E-state index contributed by atoms with van der Waals surface area (Å²) in [5.41, 5.74) is 0.804. The molecule has 0 saturated carbocycles. The molecule has 1 unspecified atom stereocenters. The van der Waals surface area contributed by atoms with Crippen molar-refractivity contribution in [1.29, 1.82) is 0 Å². The van der Waals surface area contributed by atoms with Gasteiger partial charge >= 0.3 is 6.09 Å². The topological polar surface area (TPSA) is 71.7 Å². The van der Waals surface area contributed by atoms with Crippen LogP contribution in [0.15, 0.2) is 59.0 Å². The number of rotatable bonds is 4. The quantitative estimate of drug-likeness (QED) is 0.768. The van der Waals surface area contributed by atoms with Crippen molar-refractivity contribution in [2.75, 3.05) is 7.11 Å². The summed E-state index contributed by atoms with van der Waals surface area (Å²) < 4.78 is 10.5. The molecule has 0 aliphatic heterocycles. The molecule has 112 valence electrons. The average molecular weight is 297 g/mol. The fourth-order valence-electron chi connectivity index (χ4n) is 2.43. The van der Waals surface area contributed by atoms with E-state index in [1.165, 1.54) is 7.11 Å². The molecule has 0 saturated heterocycles. The van der Waals surface area contributed by atoms with Crippen molar-refractivity contribution >= 4 is 16.9 Å². The molecule has 2 N–H and O–H groups in total. The van der Waals surface area contributed by atoms with Gasteiger partial charge in [0.25, 0.3) is 5.95 Å². The highest BCUT2D eigenvalue weighted by Crippen LogP contribution is 2.29. The maximum absolute atomic E-state index is 11.1. The Hall–Kier alpha value is -2.95. The molecule has 0 spiro atoms. The minimum absolute atomic E-state index is 0.341. The van der Waals surface area contributed by atoms with E-state index < -0.39 is 12.1 Å². The van der Waals surface area contributed by atoms with Crippen LogP contribution in [0.3, 0.4) is 0 Å². The van der Waals surface area contributed by atoms with Crippen LogP contribution in [0, 0.1) is 0 Å². The normalized spacial score (nSPS) is 12.0. The minimum Gasteiger partial charge on any atom is -0.468 e. The van der Waals surface area contributed by atoms with E-state index in [2.05, 4.69) is 5.32 Å². The zero-order chi connectivity index (χ0) is 15.5.